The molecule has 68 valence electrons. The highest BCUT2D eigenvalue weighted by atomic mass is 127. The molecule has 0 amide bonds. The predicted molar refractivity (Wildman–Crippen MR) is 60.7 cm³/mol. The van der Waals surface area contributed by atoms with Gasteiger partial charge < -0.3 is 0 Å². The van der Waals surface area contributed by atoms with Gasteiger partial charge in [-0.25, -0.2) is 0 Å². The van der Waals surface area contributed by atoms with Crippen LogP contribution in [0.3, 0.4) is 0 Å². The third-order valence-corrected chi connectivity index (χ3v) is 3.55. The molecule has 0 spiro atoms. The van der Waals surface area contributed by atoms with Gasteiger partial charge >= 0.3 is 0 Å². The topological polar surface area (TPSA) is 17.1 Å². The fourth-order valence-corrected chi connectivity index (χ4v) is 2.12. The van der Waals surface area contributed by atoms with Crippen LogP contribution in [0.1, 0.15) is 24.8 Å². The zero-order valence-electron chi connectivity index (χ0n) is 7.46. The minimum absolute atomic E-state index is 0.236. The van der Waals surface area contributed by atoms with Crippen LogP contribution in [0.25, 0.3) is 0 Å². The fourth-order valence-electron chi connectivity index (χ4n) is 1.76. The van der Waals surface area contributed by atoms with Gasteiger partial charge in [0, 0.05) is 21.8 Å². The second kappa shape index (κ2) is 3.40. The zero-order chi connectivity index (χ0) is 9.42. The van der Waals surface area contributed by atoms with Crippen molar-refractivity contribution in [1.82, 2.24) is 0 Å². The monoisotopic (exact) mass is 286 g/mol. The van der Waals surface area contributed by atoms with Crippen molar-refractivity contribution in [2.24, 2.45) is 5.92 Å². The van der Waals surface area contributed by atoms with Gasteiger partial charge in [-0.05, 0) is 40.3 Å². The maximum atomic E-state index is 11.1. The molecule has 1 aromatic rings. The molecule has 0 N–H and O–H groups in total. The molecule has 1 aliphatic rings. The van der Waals surface area contributed by atoms with Gasteiger partial charge in [0.05, 0.1) is 0 Å². The first kappa shape index (κ1) is 9.19. The van der Waals surface area contributed by atoms with Crippen LogP contribution in [-0.4, -0.2) is 5.78 Å². The normalized spacial score (nSPS) is 27.1. The lowest BCUT2D eigenvalue weighted by molar-refractivity contribution is -0.130. The summed E-state index contributed by atoms with van der Waals surface area (Å²) in [7, 11) is 0. The highest BCUT2D eigenvalue weighted by molar-refractivity contribution is 14.1. The van der Waals surface area contributed by atoms with Crippen molar-refractivity contribution >= 4 is 28.4 Å². The van der Waals surface area contributed by atoms with Gasteiger partial charge in [-0.15, -0.1) is 0 Å². The van der Waals surface area contributed by atoms with Gasteiger partial charge in [-0.3, -0.25) is 4.79 Å². The molecule has 0 heterocycles. The van der Waals surface area contributed by atoms with Crippen LogP contribution >= 0.6 is 22.6 Å². The van der Waals surface area contributed by atoms with Gasteiger partial charge in [0.2, 0.25) is 0 Å². The lowest BCUT2D eigenvalue weighted by Gasteiger charge is -2.32. The molecular formula is C11H11IO. The molecule has 2 rings (SSSR count). The quantitative estimate of drug-likeness (QED) is 0.725. The Balaban J connectivity index is 2.18. The molecule has 2 unspecified atom stereocenters. The summed E-state index contributed by atoms with van der Waals surface area (Å²) < 4.78 is 1.25. The molecule has 2 atom stereocenters. The summed E-state index contributed by atoms with van der Waals surface area (Å²) in [6.07, 6.45) is 0.738. The number of rotatable bonds is 1. The largest absolute Gasteiger partial charge is 0.299 e. The lowest BCUT2D eigenvalue weighted by Crippen LogP contribution is -2.32. The van der Waals surface area contributed by atoms with Crippen molar-refractivity contribution in [3.8, 4) is 0 Å². The Morgan fingerprint density at radius 1 is 1.31 bits per heavy atom. The smallest absolute Gasteiger partial charge is 0.136 e. The Labute approximate surface area is 91.7 Å². The Bertz CT molecular complexity index is 328. The van der Waals surface area contributed by atoms with Crippen molar-refractivity contribution in [2.75, 3.05) is 0 Å². The summed E-state index contributed by atoms with van der Waals surface area (Å²) in [4.78, 5) is 11.1. The van der Waals surface area contributed by atoms with E-state index in [1.807, 2.05) is 6.92 Å². The maximum absolute atomic E-state index is 11.1. The number of hydrogen-bond donors (Lipinski definition) is 0. The Kier molecular flexibility index (Phi) is 2.41. The van der Waals surface area contributed by atoms with E-state index < -0.39 is 0 Å². The molecule has 0 saturated heterocycles. The van der Waals surface area contributed by atoms with Crippen LogP contribution in [0, 0.1) is 9.49 Å². The van der Waals surface area contributed by atoms with E-state index in [-0.39, 0.29) is 5.92 Å². The highest BCUT2D eigenvalue weighted by Crippen LogP contribution is 2.39. The van der Waals surface area contributed by atoms with E-state index >= 15 is 0 Å². The first-order chi connectivity index (χ1) is 6.18. The van der Waals surface area contributed by atoms with Crippen LogP contribution in [0.4, 0.5) is 0 Å². The highest BCUT2D eigenvalue weighted by Gasteiger charge is 2.36. The molecule has 2 heteroatoms. The molecule has 0 aliphatic heterocycles. The van der Waals surface area contributed by atoms with Crippen LogP contribution in [0.2, 0.25) is 0 Å². The first-order valence-electron chi connectivity index (χ1n) is 4.46. The third-order valence-electron chi connectivity index (χ3n) is 2.83. The van der Waals surface area contributed by atoms with Crippen molar-refractivity contribution < 1.29 is 4.79 Å². The second-order valence-electron chi connectivity index (χ2n) is 3.62. The van der Waals surface area contributed by atoms with E-state index in [1.54, 1.807) is 0 Å². The van der Waals surface area contributed by atoms with E-state index in [9.17, 15) is 4.79 Å². The van der Waals surface area contributed by atoms with E-state index in [2.05, 4.69) is 46.9 Å². The molecule has 1 aliphatic carbocycles. The first-order valence-corrected chi connectivity index (χ1v) is 5.54. The number of benzene rings is 1. The number of carbonyl (C=O) groups excluding carboxylic acids is 1. The SMILES string of the molecule is CC1C(=O)CC1c1ccc(I)cc1. The average molecular weight is 286 g/mol. The number of Topliss-reactive ketones (excluding diaryl/α,β-unsaturated/α-hetero) is 1. The van der Waals surface area contributed by atoms with E-state index in [1.165, 1.54) is 9.13 Å². The van der Waals surface area contributed by atoms with Crippen LogP contribution < -0.4 is 0 Å². The van der Waals surface area contributed by atoms with Crippen molar-refractivity contribution in [2.45, 2.75) is 19.3 Å². The molecule has 1 aromatic carbocycles. The predicted octanol–water partition coefficient (Wildman–Crippen LogP) is 2.98. The van der Waals surface area contributed by atoms with Crippen molar-refractivity contribution in [3.05, 3.63) is 33.4 Å². The molecule has 0 aromatic heterocycles. The van der Waals surface area contributed by atoms with E-state index in [0.29, 0.717) is 11.7 Å². The van der Waals surface area contributed by atoms with Gasteiger partial charge in [0.1, 0.15) is 5.78 Å². The minimum Gasteiger partial charge on any atom is -0.299 e. The Morgan fingerprint density at radius 2 is 1.92 bits per heavy atom. The fraction of sp³-hybridized carbons (Fsp3) is 0.364. The van der Waals surface area contributed by atoms with Crippen LogP contribution in [-0.2, 0) is 4.79 Å². The third kappa shape index (κ3) is 1.64. The summed E-state index contributed by atoms with van der Waals surface area (Å²) >= 11 is 2.29. The molecular weight excluding hydrogens is 275 g/mol. The van der Waals surface area contributed by atoms with Gasteiger partial charge in [-0.1, -0.05) is 19.1 Å². The standard InChI is InChI=1S/C11H11IO/c1-7-10(6-11(7)13)8-2-4-9(12)5-3-8/h2-5,7,10H,6H2,1H3. The number of ketones is 1. The molecule has 1 nitrogen and oxygen atoms in total. The summed E-state index contributed by atoms with van der Waals surface area (Å²) in [5.74, 6) is 1.12. The minimum atomic E-state index is 0.236. The summed E-state index contributed by atoms with van der Waals surface area (Å²) in [5, 5.41) is 0. The number of halogens is 1. The molecule has 1 saturated carbocycles. The Morgan fingerprint density at radius 3 is 2.38 bits per heavy atom. The summed E-state index contributed by atoms with van der Waals surface area (Å²) in [6, 6.07) is 8.47. The number of carbonyl (C=O) groups is 1. The Hall–Kier alpha value is -0.380. The second-order valence-corrected chi connectivity index (χ2v) is 4.86. The maximum Gasteiger partial charge on any atom is 0.136 e. The lowest BCUT2D eigenvalue weighted by atomic mass is 9.70. The van der Waals surface area contributed by atoms with Gasteiger partial charge in [-0.2, -0.15) is 0 Å². The number of hydrogen-bond acceptors (Lipinski definition) is 1. The van der Waals surface area contributed by atoms with E-state index in [4.69, 9.17) is 0 Å². The molecule has 13 heavy (non-hydrogen) atoms. The summed E-state index contributed by atoms with van der Waals surface area (Å²) in [6.45, 7) is 2.02. The van der Waals surface area contributed by atoms with Crippen molar-refractivity contribution in [3.63, 3.8) is 0 Å². The van der Waals surface area contributed by atoms with Crippen LogP contribution in [0.15, 0.2) is 24.3 Å². The van der Waals surface area contributed by atoms with Gasteiger partial charge in [0.25, 0.3) is 0 Å². The zero-order valence-corrected chi connectivity index (χ0v) is 9.61. The average Bonchev–Trinajstić information content (AvgIpc) is 2.15. The van der Waals surface area contributed by atoms with Crippen LogP contribution in [0.5, 0.6) is 0 Å². The molecule has 0 bridgehead atoms. The molecule has 1 fully saturated rings. The van der Waals surface area contributed by atoms with Gasteiger partial charge in [0.15, 0.2) is 0 Å². The molecule has 0 radical (unpaired) electrons. The van der Waals surface area contributed by atoms with E-state index in [0.717, 1.165) is 6.42 Å². The van der Waals surface area contributed by atoms with Crippen molar-refractivity contribution in [1.29, 1.82) is 0 Å². The summed E-state index contributed by atoms with van der Waals surface area (Å²) in [5.41, 5.74) is 1.31.